The summed E-state index contributed by atoms with van der Waals surface area (Å²) in [4.78, 5) is 74.5. The van der Waals surface area contributed by atoms with Crippen LogP contribution in [0, 0.1) is 11.8 Å². The van der Waals surface area contributed by atoms with Crippen LogP contribution in [-0.2, 0) is 46.6 Å². The van der Waals surface area contributed by atoms with Gasteiger partial charge in [0.25, 0.3) is 0 Å². The van der Waals surface area contributed by atoms with E-state index in [2.05, 4.69) is 13.2 Å². The van der Waals surface area contributed by atoms with Gasteiger partial charge in [-0.2, -0.15) is 0 Å². The van der Waals surface area contributed by atoms with E-state index in [1.165, 1.54) is 7.11 Å². The SMILES string of the molecule is C=C(C)C[C@H]1C(=O)CN(C(=O)OCc2ccccc2)[C@@H]1C(=O)O.C=C(C)C[C@H]1C(=O)CN(C(=O)OCc2ccccc2)[C@@H]1C(=O)OC. The van der Waals surface area contributed by atoms with E-state index in [0.717, 1.165) is 26.5 Å². The summed E-state index contributed by atoms with van der Waals surface area (Å²) < 4.78 is 15.2. The van der Waals surface area contributed by atoms with Gasteiger partial charge in [-0.05, 0) is 37.8 Å². The molecule has 47 heavy (non-hydrogen) atoms. The molecule has 4 atom stereocenters. The lowest BCUT2D eigenvalue weighted by atomic mass is 9.92. The average molecular weight is 649 g/mol. The smallest absolute Gasteiger partial charge is 0.411 e. The van der Waals surface area contributed by atoms with E-state index in [-0.39, 0.29) is 44.3 Å². The van der Waals surface area contributed by atoms with Crippen LogP contribution in [0.1, 0.15) is 37.8 Å². The second kappa shape index (κ2) is 16.9. The van der Waals surface area contributed by atoms with Crippen molar-refractivity contribution in [2.45, 2.75) is 52.0 Å². The highest BCUT2D eigenvalue weighted by molar-refractivity contribution is 5.98. The third-order valence-corrected chi connectivity index (χ3v) is 7.63. The van der Waals surface area contributed by atoms with Crippen molar-refractivity contribution in [2.24, 2.45) is 11.8 Å². The van der Waals surface area contributed by atoms with Gasteiger partial charge in [-0.15, -0.1) is 13.2 Å². The molecule has 0 spiro atoms. The highest BCUT2D eigenvalue weighted by Gasteiger charge is 2.49. The minimum absolute atomic E-state index is 0.0296. The summed E-state index contributed by atoms with van der Waals surface area (Å²) in [6, 6.07) is 16.1. The van der Waals surface area contributed by atoms with Crippen molar-refractivity contribution in [1.29, 1.82) is 0 Å². The maximum absolute atomic E-state index is 12.3. The minimum Gasteiger partial charge on any atom is -0.480 e. The lowest BCUT2D eigenvalue weighted by molar-refractivity contribution is -0.147. The normalized spacial score (nSPS) is 20.1. The third-order valence-electron chi connectivity index (χ3n) is 7.63. The van der Waals surface area contributed by atoms with Gasteiger partial charge in [-0.1, -0.05) is 71.8 Å². The van der Waals surface area contributed by atoms with Gasteiger partial charge in [-0.3, -0.25) is 19.4 Å². The number of benzene rings is 2. The number of hydrogen-bond acceptors (Lipinski definition) is 9. The Labute approximate surface area is 273 Å². The summed E-state index contributed by atoms with van der Waals surface area (Å²) >= 11 is 0. The first-order chi connectivity index (χ1) is 22.3. The van der Waals surface area contributed by atoms with Gasteiger partial charge in [-0.25, -0.2) is 19.2 Å². The second-order valence-electron chi connectivity index (χ2n) is 11.6. The number of carbonyl (C=O) groups excluding carboxylic acids is 5. The average Bonchev–Trinajstić information content (AvgIpc) is 3.54. The van der Waals surface area contributed by atoms with Crippen molar-refractivity contribution >= 4 is 35.7 Å². The molecule has 0 saturated carbocycles. The Morgan fingerprint density at radius 2 is 1.11 bits per heavy atom. The number of carbonyl (C=O) groups is 6. The number of esters is 1. The first kappa shape index (κ1) is 36.2. The Bertz CT molecular complexity index is 1490. The summed E-state index contributed by atoms with van der Waals surface area (Å²) in [7, 11) is 1.23. The van der Waals surface area contributed by atoms with Crippen molar-refractivity contribution < 1.29 is 48.1 Å². The van der Waals surface area contributed by atoms with E-state index in [9.17, 15) is 33.9 Å². The number of Topliss-reactive ketones (excluding diaryl/α,β-unsaturated/α-hetero) is 2. The quantitative estimate of drug-likeness (QED) is 0.220. The van der Waals surface area contributed by atoms with Crippen molar-refractivity contribution in [1.82, 2.24) is 9.80 Å². The van der Waals surface area contributed by atoms with Crippen LogP contribution < -0.4 is 0 Å². The summed E-state index contributed by atoms with van der Waals surface area (Å²) in [6.07, 6.45) is -0.912. The molecular formula is C35H40N2O10. The van der Waals surface area contributed by atoms with Gasteiger partial charge in [0.2, 0.25) is 0 Å². The third kappa shape index (κ3) is 9.86. The zero-order chi connectivity index (χ0) is 34.7. The molecule has 0 bridgehead atoms. The maximum atomic E-state index is 12.3. The molecule has 12 nitrogen and oxygen atoms in total. The number of nitrogens with zero attached hydrogens (tertiary/aromatic N) is 2. The second-order valence-corrected chi connectivity index (χ2v) is 11.6. The standard InChI is InChI=1S/C18H21NO5.C17H19NO5/c1-12(2)9-14-15(20)10-19(16(14)17(21)23-3)18(22)24-11-13-7-5-4-6-8-13;1-11(2)8-13-14(19)9-18(15(13)16(20)21)17(22)23-10-12-6-4-3-5-7-12/h4-8,14,16H,1,9-11H2,2-3H3;3-7,13,15H,1,8-10H2,2H3,(H,20,21)/t14-,16-;13-,15-/m00/s1. The molecule has 2 aromatic rings. The van der Waals surface area contributed by atoms with E-state index in [1.807, 2.05) is 48.5 Å². The number of carboxylic acids is 1. The number of rotatable bonds is 10. The van der Waals surface area contributed by atoms with Crippen LogP contribution in [0.5, 0.6) is 0 Å². The number of allylic oxidation sites excluding steroid dienone is 2. The maximum Gasteiger partial charge on any atom is 0.411 e. The number of ether oxygens (including phenoxy) is 3. The predicted molar refractivity (Wildman–Crippen MR) is 170 cm³/mol. The molecule has 12 heteroatoms. The Morgan fingerprint density at radius 3 is 1.47 bits per heavy atom. The molecule has 2 aliphatic heterocycles. The molecular weight excluding hydrogens is 608 g/mol. The molecule has 0 aliphatic carbocycles. The Balaban J connectivity index is 0.000000256. The van der Waals surface area contributed by atoms with Crippen LogP contribution in [0.2, 0.25) is 0 Å². The molecule has 2 aromatic carbocycles. The van der Waals surface area contributed by atoms with Crippen LogP contribution in [-0.4, -0.2) is 82.9 Å². The van der Waals surface area contributed by atoms with E-state index < -0.39 is 48.0 Å². The van der Waals surface area contributed by atoms with Crippen molar-refractivity contribution in [2.75, 3.05) is 20.2 Å². The van der Waals surface area contributed by atoms with Crippen LogP contribution in [0.15, 0.2) is 85.0 Å². The Kier molecular flexibility index (Phi) is 13.0. The predicted octanol–water partition coefficient (Wildman–Crippen LogP) is 4.58. The summed E-state index contributed by atoms with van der Waals surface area (Å²) in [5.74, 6) is -3.71. The van der Waals surface area contributed by atoms with E-state index in [4.69, 9.17) is 14.2 Å². The highest BCUT2D eigenvalue weighted by atomic mass is 16.6. The fraction of sp³-hybridized carbons (Fsp3) is 0.371. The topological polar surface area (TPSA) is 157 Å². The van der Waals surface area contributed by atoms with Crippen molar-refractivity contribution in [3.63, 3.8) is 0 Å². The Hall–Kier alpha value is -5.26. The molecule has 2 heterocycles. The van der Waals surface area contributed by atoms with Crippen LogP contribution in [0.3, 0.4) is 0 Å². The van der Waals surface area contributed by atoms with E-state index >= 15 is 0 Å². The van der Waals surface area contributed by atoms with Gasteiger partial charge in [0.1, 0.15) is 25.3 Å². The molecule has 2 aliphatic rings. The van der Waals surface area contributed by atoms with Crippen LogP contribution >= 0.6 is 0 Å². The number of amides is 2. The summed E-state index contributed by atoms with van der Waals surface area (Å²) in [6.45, 7) is 10.7. The summed E-state index contributed by atoms with van der Waals surface area (Å²) in [5.41, 5.74) is 3.08. The first-order valence-corrected chi connectivity index (χ1v) is 14.9. The lowest BCUT2D eigenvalue weighted by Gasteiger charge is -2.24. The molecule has 0 radical (unpaired) electrons. The van der Waals surface area contributed by atoms with E-state index in [0.29, 0.717) is 12.0 Å². The molecule has 4 rings (SSSR count). The first-order valence-electron chi connectivity index (χ1n) is 14.9. The fourth-order valence-corrected chi connectivity index (χ4v) is 5.43. The molecule has 2 saturated heterocycles. The van der Waals surface area contributed by atoms with Gasteiger partial charge < -0.3 is 19.3 Å². The fourth-order valence-electron chi connectivity index (χ4n) is 5.43. The molecule has 2 fully saturated rings. The number of aliphatic carboxylic acids is 1. The van der Waals surface area contributed by atoms with Gasteiger partial charge in [0.15, 0.2) is 11.6 Å². The molecule has 2 amide bonds. The number of likely N-dealkylation sites (tertiary alicyclic amines) is 2. The number of ketones is 2. The number of hydrogen-bond donors (Lipinski definition) is 1. The van der Waals surface area contributed by atoms with E-state index in [1.54, 1.807) is 26.0 Å². The Morgan fingerprint density at radius 1 is 0.723 bits per heavy atom. The van der Waals surface area contributed by atoms with Gasteiger partial charge >= 0.3 is 24.1 Å². The largest absolute Gasteiger partial charge is 0.480 e. The van der Waals surface area contributed by atoms with Crippen LogP contribution in [0.25, 0.3) is 0 Å². The number of methoxy groups -OCH3 is 1. The molecule has 0 unspecified atom stereocenters. The zero-order valence-corrected chi connectivity index (χ0v) is 26.8. The molecule has 250 valence electrons. The number of carboxylic acid groups (broad SMARTS) is 1. The minimum atomic E-state index is -1.21. The van der Waals surface area contributed by atoms with Crippen molar-refractivity contribution in [3.8, 4) is 0 Å². The van der Waals surface area contributed by atoms with Gasteiger partial charge in [0.05, 0.1) is 32.0 Å². The zero-order valence-electron chi connectivity index (χ0n) is 26.8. The van der Waals surface area contributed by atoms with Crippen LogP contribution in [0.4, 0.5) is 9.59 Å². The van der Waals surface area contributed by atoms with Crippen molar-refractivity contribution in [3.05, 3.63) is 96.1 Å². The molecule has 1 N–H and O–H groups in total. The van der Waals surface area contributed by atoms with Gasteiger partial charge in [0, 0.05) is 0 Å². The monoisotopic (exact) mass is 648 g/mol. The highest BCUT2D eigenvalue weighted by Crippen LogP contribution is 2.29. The molecule has 0 aromatic heterocycles. The summed E-state index contributed by atoms with van der Waals surface area (Å²) in [5, 5.41) is 9.39. The lowest BCUT2D eigenvalue weighted by Crippen LogP contribution is -2.44.